The number of hydrogen-bond donors (Lipinski definition) is 2. The van der Waals surface area contributed by atoms with Crippen LogP contribution in [0.5, 0.6) is 0 Å². The van der Waals surface area contributed by atoms with E-state index in [1.165, 1.54) is 0 Å². The van der Waals surface area contributed by atoms with Crippen LogP contribution in [0.4, 0.5) is 4.39 Å². The van der Waals surface area contributed by atoms with Crippen molar-refractivity contribution in [1.82, 2.24) is 10.2 Å². The number of hydrogen-bond acceptors (Lipinski definition) is 4. The number of nitrogens with zero attached hydrogens (tertiary/aromatic N) is 2. The van der Waals surface area contributed by atoms with Crippen molar-refractivity contribution >= 4 is 12.1 Å². The van der Waals surface area contributed by atoms with Gasteiger partial charge in [0.25, 0.3) is 0 Å². The van der Waals surface area contributed by atoms with Crippen LogP contribution in [0, 0.1) is 16.7 Å². The molecule has 1 fully saturated rings. The largest absolute Gasteiger partial charge is 0.373 e. The molecule has 1 heterocycles. The molecule has 0 spiro atoms. The molecule has 1 saturated heterocycles. The van der Waals surface area contributed by atoms with Crippen LogP contribution in [-0.4, -0.2) is 36.2 Å². The van der Waals surface area contributed by atoms with Crippen LogP contribution in [0.3, 0.4) is 0 Å². The average molecular weight is 252 g/mol. The Hall–Kier alpha value is -1.90. The van der Waals surface area contributed by atoms with Gasteiger partial charge in [0.1, 0.15) is 6.42 Å². The van der Waals surface area contributed by atoms with Crippen LogP contribution in [0.25, 0.3) is 0 Å². The molecule has 0 aromatic rings. The summed E-state index contributed by atoms with van der Waals surface area (Å²) in [5.74, 6) is -0.782. The van der Waals surface area contributed by atoms with Crippen molar-refractivity contribution in [3.8, 4) is 6.07 Å². The first-order chi connectivity index (χ1) is 8.58. The van der Waals surface area contributed by atoms with E-state index in [-0.39, 0.29) is 18.4 Å². The minimum atomic E-state index is -0.526. The van der Waals surface area contributed by atoms with Gasteiger partial charge in [-0.3, -0.25) is 4.79 Å². The molecule has 1 aliphatic rings. The summed E-state index contributed by atoms with van der Waals surface area (Å²) < 4.78 is 13.2. The van der Waals surface area contributed by atoms with E-state index in [1.54, 1.807) is 13.0 Å². The number of halogens is 1. The van der Waals surface area contributed by atoms with Gasteiger partial charge in [-0.2, -0.15) is 5.26 Å². The number of piperidine rings is 1. The van der Waals surface area contributed by atoms with Gasteiger partial charge in [0.05, 0.1) is 12.3 Å². The molecule has 0 aliphatic carbocycles. The van der Waals surface area contributed by atoms with Gasteiger partial charge in [-0.15, -0.1) is 0 Å². The zero-order valence-electron chi connectivity index (χ0n) is 10.4. The van der Waals surface area contributed by atoms with Gasteiger partial charge in [-0.25, -0.2) is 4.39 Å². The minimum absolute atomic E-state index is 0.0537. The summed E-state index contributed by atoms with van der Waals surface area (Å²) in [6.07, 6.45) is 2.03. The van der Waals surface area contributed by atoms with Crippen molar-refractivity contribution in [2.45, 2.75) is 32.2 Å². The Labute approximate surface area is 106 Å². The lowest BCUT2D eigenvalue weighted by Gasteiger charge is -2.34. The van der Waals surface area contributed by atoms with E-state index in [9.17, 15) is 9.18 Å². The standard InChI is InChI=1S/C12H17FN4O/c1-9(11(13)8-15)17-6-3-10(4-7-17)16-12(18)2-5-14/h8,10,15H,2-4,6-7H2,1H3,(H,16,18)/b11-9-,15-8?. The van der Waals surface area contributed by atoms with E-state index in [4.69, 9.17) is 10.7 Å². The van der Waals surface area contributed by atoms with Crippen LogP contribution < -0.4 is 5.32 Å². The first-order valence-corrected chi connectivity index (χ1v) is 5.86. The fourth-order valence-corrected chi connectivity index (χ4v) is 1.97. The summed E-state index contributed by atoms with van der Waals surface area (Å²) in [5, 5.41) is 18.0. The fourth-order valence-electron chi connectivity index (χ4n) is 1.97. The number of likely N-dealkylation sites (tertiary alicyclic amines) is 1. The molecule has 2 N–H and O–H groups in total. The lowest BCUT2D eigenvalue weighted by Crippen LogP contribution is -2.44. The predicted octanol–water partition coefficient (Wildman–Crippen LogP) is 1.33. The summed E-state index contributed by atoms with van der Waals surface area (Å²) >= 11 is 0. The molecule has 6 heteroatoms. The molecule has 0 unspecified atom stereocenters. The number of carbonyl (C=O) groups is 1. The van der Waals surface area contributed by atoms with Crippen LogP contribution in [0.2, 0.25) is 0 Å². The van der Waals surface area contributed by atoms with E-state index >= 15 is 0 Å². The predicted molar refractivity (Wildman–Crippen MR) is 65.6 cm³/mol. The number of nitriles is 1. The first-order valence-electron chi connectivity index (χ1n) is 5.86. The van der Waals surface area contributed by atoms with E-state index in [0.29, 0.717) is 25.0 Å². The van der Waals surface area contributed by atoms with Gasteiger partial charge in [0, 0.05) is 24.8 Å². The minimum Gasteiger partial charge on any atom is -0.373 e. The smallest absolute Gasteiger partial charge is 0.234 e. The zero-order valence-corrected chi connectivity index (χ0v) is 10.4. The lowest BCUT2D eigenvalue weighted by atomic mass is 10.0. The molecule has 18 heavy (non-hydrogen) atoms. The van der Waals surface area contributed by atoms with Crippen molar-refractivity contribution < 1.29 is 9.18 Å². The molecule has 98 valence electrons. The summed E-state index contributed by atoms with van der Waals surface area (Å²) in [6.45, 7) is 2.93. The topological polar surface area (TPSA) is 80.0 Å². The van der Waals surface area contributed by atoms with Crippen molar-refractivity contribution in [2.75, 3.05) is 13.1 Å². The molecule has 1 rings (SSSR count). The Morgan fingerprint density at radius 2 is 2.22 bits per heavy atom. The second-order valence-corrected chi connectivity index (χ2v) is 4.24. The highest BCUT2D eigenvalue weighted by Crippen LogP contribution is 2.17. The molecule has 0 bridgehead atoms. The number of nitrogens with one attached hydrogen (secondary N) is 2. The maximum Gasteiger partial charge on any atom is 0.234 e. The second-order valence-electron chi connectivity index (χ2n) is 4.24. The Kier molecular flexibility index (Phi) is 5.31. The van der Waals surface area contributed by atoms with E-state index in [2.05, 4.69) is 5.32 Å². The number of carbonyl (C=O) groups excluding carboxylic acids is 1. The quantitative estimate of drug-likeness (QED) is 0.741. The van der Waals surface area contributed by atoms with E-state index < -0.39 is 5.83 Å². The normalized spacial score (nSPS) is 17.7. The number of amides is 1. The average Bonchev–Trinajstić information content (AvgIpc) is 2.38. The SMILES string of the molecule is C/C(=C(/F)C=N)N1CCC(NC(=O)CC#N)CC1. The summed E-state index contributed by atoms with van der Waals surface area (Å²) in [6, 6.07) is 1.86. The van der Waals surface area contributed by atoms with Crippen LogP contribution >= 0.6 is 0 Å². The fraction of sp³-hybridized carbons (Fsp3) is 0.583. The molecule has 0 aromatic carbocycles. The van der Waals surface area contributed by atoms with Gasteiger partial charge >= 0.3 is 0 Å². The molecule has 1 amide bonds. The molecule has 0 radical (unpaired) electrons. The van der Waals surface area contributed by atoms with Gasteiger partial charge in [0.2, 0.25) is 5.91 Å². The zero-order chi connectivity index (χ0) is 13.5. The van der Waals surface area contributed by atoms with Crippen molar-refractivity contribution in [1.29, 1.82) is 10.7 Å². The number of rotatable bonds is 4. The molecule has 5 nitrogen and oxygen atoms in total. The van der Waals surface area contributed by atoms with Gasteiger partial charge in [0.15, 0.2) is 5.83 Å². The Balaban J connectivity index is 2.44. The van der Waals surface area contributed by atoms with Gasteiger partial charge in [-0.1, -0.05) is 0 Å². The Morgan fingerprint density at radius 3 is 2.72 bits per heavy atom. The molecule has 1 aliphatic heterocycles. The summed E-state index contributed by atoms with van der Waals surface area (Å²) in [5.41, 5.74) is 0.465. The summed E-state index contributed by atoms with van der Waals surface area (Å²) in [7, 11) is 0. The second kappa shape index (κ2) is 6.74. The Morgan fingerprint density at radius 1 is 1.61 bits per heavy atom. The van der Waals surface area contributed by atoms with Crippen LogP contribution in [-0.2, 0) is 4.79 Å². The highest BCUT2D eigenvalue weighted by Gasteiger charge is 2.21. The Bertz CT molecular complexity index is 391. The van der Waals surface area contributed by atoms with Crippen molar-refractivity contribution in [3.05, 3.63) is 11.5 Å². The maximum absolute atomic E-state index is 13.2. The summed E-state index contributed by atoms with van der Waals surface area (Å²) in [4.78, 5) is 13.1. The number of allylic oxidation sites excluding steroid dienone is 2. The third kappa shape index (κ3) is 3.84. The van der Waals surface area contributed by atoms with Crippen LogP contribution in [0.15, 0.2) is 11.5 Å². The third-order valence-electron chi connectivity index (χ3n) is 3.05. The first kappa shape index (κ1) is 14.2. The third-order valence-corrected chi connectivity index (χ3v) is 3.05. The van der Waals surface area contributed by atoms with Crippen LogP contribution in [0.1, 0.15) is 26.2 Å². The van der Waals surface area contributed by atoms with Gasteiger partial charge < -0.3 is 15.6 Å². The highest BCUT2D eigenvalue weighted by molar-refractivity contribution is 5.78. The highest BCUT2D eigenvalue weighted by atomic mass is 19.1. The monoisotopic (exact) mass is 252 g/mol. The molecular formula is C12H17FN4O. The molecule has 0 aromatic heterocycles. The van der Waals surface area contributed by atoms with Crippen molar-refractivity contribution in [3.63, 3.8) is 0 Å². The van der Waals surface area contributed by atoms with E-state index in [0.717, 1.165) is 12.8 Å². The van der Waals surface area contributed by atoms with Crippen molar-refractivity contribution in [2.24, 2.45) is 0 Å². The molecule has 0 saturated carbocycles. The van der Waals surface area contributed by atoms with E-state index in [1.807, 2.05) is 4.90 Å². The molecule has 0 atom stereocenters. The maximum atomic E-state index is 13.2. The molecular weight excluding hydrogens is 235 g/mol. The lowest BCUT2D eigenvalue weighted by molar-refractivity contribution is -0.121. The van der Waals surface area contributed by atoms with Gasteiger partial charge in [-0.05, 0) is 19.8 Å².